The monoisotopic (exact) mass is 268 g/mol. The number of benzene rings is 1. The van der Waals surface area contributed by atoms with E-state index in [0.717, 1.165) is 12.8 Å². The summed E-state index contributed by atoms with van der Waals surface area (Å²) in [6.45, 7) is 3.32. The number of halogens is 1. The molecule has 0 fully saturated rings. The number of nitrogens with one attached hydrogen (secondary N) is 1. The Kier molecular flexibility index (Phi) is 6.29. The van der Waals surface area contributed by atoms with E-state index in [0.29, 0.717) is 24.6 Å². The highest BCUT2D eigenvalue weighted by Crippen LogP contribution is 2.18. The Balaban J connectivity index is 2.45. The predicted molar refractivity (Wildman–Crippen MR) is 72.7 cm³/mol. The molecule has 0 aromatic heterocycles. The van der Waals surface area contributed by atoms with Crippen molar-refractivity contribution in [3.63, 3.8) is 0 Å². The first-order valence-electron chi connectivity index (χ1n) is 6.40. The lowest BCUT2D eigenvalue weighted by Gasteiger charge is -2.09. The van der Waals surface area contributed by atoms with Gasteiger partial charge in [0.15, 0.2) is 11.6 Å². The topological polar surface area (TPSA) is 64.3 Å². The number of hydrogen-bond acceptors (Lipinski definition) is 3. The molecule has 0 radical (unpaired) electrons. The van der Waals surface area contributed by atoms with Crippen LogP contribution < -0.4 is 15.8 Å². The van der Waals surface area contributed by atoms with Crippen LogP contribution in [-0.4, -0.2) is 26.1 Å². The minimum atomic E-state index is -0.476. The van der Waals surface area contributed by atoms with Crippen LogP contribution in [0.25, 0.3) is 0 Å². The molecular weight excluding hydrogens is 247 g/mol. The van der Waals surface area contributed by atoms with Crippen LogP contribution in [0.5, 0.6) is 5.75 Å². The molecule has 1 unspecified atom stereocenters. The first kappa shape index (κ1) is 15.4. The van der Waals surface area contributed by atoms with E-state index in [4.69, 9.17) is 10.5 Å². The van der Waals surface area contributed by atoms with E-state index < -0.39 is 5.82 Å². The van der Waals surface area contributed by atoms with Gasteiger partial charge in [-0.15, -0.1) is 0 Å². The maximum absolute atomic E-state index is 13.2. The van der Waals surface area contributed by atoms with Gasteiger partial charge in [-0.2, -0.15) is 0 Å². The van der Waals surface area contributed by atoms with Crippen LogP contribution in [0.2, 0.25) is 0 Å². The standard InChI is InChI=1S/C14H21FN2O2/c1-10(9-16)4-3-7-17-14(18)11-5-6-12(15)13(8-11)19-2/h5-6,8,10H,3-4,7,9,16H2,1-2H3,(H,17,18). The molecule has 0 aliphatic carbocycles. The van der Waals surface area contributed by atoms with Gasteiger partial charge in [-0.25, -0.2) is 4.39 Å². The minimum absolute atomic E-state index is 0.0735. The molecule has 4 nitrogen and oxygen atoms in total. The lowest BCUT2D eigenvalue weighted by atomic mass is 10.1. The molecule has 1 amide bonds. The Bertz CT molecular complexity index is 424. The Labute approximate surface area is 113 Å². The van der Waals surface area contributed by atoms with Crippen molar-refractivity contribution in [2.45, 2.75) is 19.8 Å². The van der Waals surface area contributed by atoms with Crippen molar-refractivity contribution in [2.75, 3.05) is 20.2 Å². The van der Waals surface area contributed by atoms with Crippen LogP contribution in [0.15, 0.2) is 18.2 Å². The third kappa shape index (κ3) is 4.87. The minimum Gasteiger partial charge on any atom is -0.494 e. The zero-order valence-electron chi connectivity index (χ0n) is 11.4. The van der Waals surface area contributed by atoms with Gasteiger partial charge in [-0.1, -0.05) is 6.92 Å². The van der Waals surface area contributed by atoms with E-state index in [1.807, 2.05) is 0 Å². The average molecular weight is 268 g/mol. The van der Waals surface area contributed by atoms with E-state index in [2.05, 4.69) is 12.2 Å². The van der Waals surface area contributed by atoms with Crippen LogP contribution in [-0.2, 0) is 0 Å². The maximum Gasteiger partial charge on any atom is 0.251 e. The highest BCUT2D eigenvalue weighted by molar-refractivity contribution is 5.94. The molecule has 0 heterocycles. The molecule has 0 bridgehead atoms. The molecule has 0 spiro atoms. The van der Waals surface area contributed by atoms with Gasteiger partial charge >= 0.3 is 0 Å². The van der Waals surface area contributed by atoms with Crippen LogP contribution >= 0.6 is 0 Å². The first-order valence-corrected chi connectivity index (χ1v) is 6.40. The van der Waals surface area contributed by atoms with Gasteiger partial charge in [-0.05, 0) is 43.5 Å². The summed E-state index contributed by atoms with van der Waals surface area (Å²) in [6, 6.07) is 4.06. The largest absolute Gasteiger partial charge is 0.494 e. The Hall–Kier alpha value is -1.62. The Morgan fingerprint density at radius 1 is 1.53 bits per heavy atom. The van der Waals surface area contributed by atoms with Gasteiger partial charge in [0.2, 0.25) is 0 Å². The van der Waals surface area contributed by atoms with Crippen molar-refractivity contribution in [3.8, 4) is 5.75 Å². The van der Waals surface area contributed by atoms with Crippen molar-refractivity contribution in [1.82, 2.24) is 5.32 Å². The fraction of sp³-hybridized carbons (Fsp3) is 0.500. The maximum atomic E-state index is 13.2. The lowest BCUT2D eigenvalue weighted by Crippen LogP contribution is -2.25. The first-order chi connectivity index (χ1) is 9.08. The number of ether oxygens (including phenoxy) is 1. The van der Waals surface area contributed by atoms with Crippen LogP contribution in [0, 0.1) is 11.7 Å². The molecule has 19 heavy (non-hydrogen) atoms. The highest BCUT2D eigenvalue weighted by atomic mass is 19.1. The average Bonchev–Trinajstić information content (AvgIpc) is 2.43. The molecule has 1 aromatic carbocycles. The fourth-order valence-corrected chi connectivity index (χ4v) is 1.67. The van der Waals surface area contributed by atoms with Gasteiger partial charge in [0.1, 0.15) is 0 Å². The summed E-state index contributed by atoms with van der Waals surface area (Å²) in [6.07, 6.45) is 1.85. The van der Waals surface area contributed by atoms with E-state index in [1.54, 1.807) is 0 Å². The summed E-state index contributed by atoms with van der Waals surface area (Å²) in [5.41, 5.74) is 5.91. The molecule has 3 N–H and O–H groups in total. The van der Waals surface area contributed by atoms with Crippen molar-refractivity contribution < 1.29 is 13.9 Å². The number of hydrogen-bond donors (Lipinski definition) is 2. The molecule has 1 rings (SSSR count). The molecule has 0 saturated carbocycles. The second-order valence-electron chi connectivity index (χ2n) is 4.59. The molecular formula is C14H21FN2O2. The number of methoxy groups -OCH3 is 1. The van der Waals surface area contributed by atoms with Crippen molar-refractivity contribution >= 4 is 5.91 Å². The summed E-state index contributed by atoms with van der Waals surface area (Å²) in [5, 5.41) is 2.79. The van der Waals surface area contributed by atoms with Gasteiger partial charge in [0.25, 0.3) is 5.91 Å². The molecule has 0 saturated heterocycles. The summed E-state index contributed by atoms with van der Waals surface area (Å²) in [5.74, 6) is -0.165. The van der Waals surface area contributed by atoms with Crippen LogP contribution in [0.3, 0.4) is 0 Å². The number of carbonyl (C=O) groups excluding carboxylic acids is 1. The van der Waals surface area contributed by atoms with Crippen molar-refractivity contribution in [1.29, 1.82) is 0 Å². The number of amides is 1. The van der Waals surface area contributed by atoms with Gasteiger partial charge in [0, 0.05) is 12.1 Å². The van der Waals surface area contributed by atoms with E-state index in [9.17, 15) is 9.18 Å². The second kappa shape index (κ2) is 7.74. The SMILES string of the molecule is COc1cc(C(=O)NCCCC(C)CN)ccc1F. The molecule has 5 heteroatoms. The quantitative estimate of drug-likeness (QED) is 0.743. The Morgan fingerprint density at radius 3 is 2.89 bits per heavy atom. The van der Waals surface area contributed by atoms with E-state index >= 15 is 0 Å². The zero-order valence-corrected chi connectivity index (χ0v) is 11.4. The second-order valence-corrected chi connectivity index (χ2v) is 4.59. The molecule has 1 aromatic rings. The number of rotatable bonds is 7. The highest BCUT2D eigenvalue weighted by Gasteiger charge is 2.09. The number of carbonyl (C=O) groups is 1. The molecule has 106 valence electrons. The van der Waals surface area contributed by atoms with E-state index in [-0.39, 0.29) is 11.7 Å². The summed E-state index contributed by atoms with van der Waals surface area (Å²) in [4.78, 5) is 11.8. The summed E-state index contributed by atoms with van der Waals surface area (Å²) >= 11 is 0. The van der Waals surface area contributed by atoms with Crippen LogP contribution in [0.4, 0.5) is 4.39 Å². The summed E-state index contributed by atoms with van der Waals surface area (Å²) < 4.78 is 18.0. The fourth-order valence-electron chi connectivity index (χ4n) is 1.67. The predicted octanol–water partition coefficient (Wildman–Crippen LogP) is 1.94. The van der Waals surface area contributed by atoms with Crippen LogP contribution in [0.1, 0.15) is 30.1 Å². The summed E-state index contributed by atoms with van der Waals surface area (Å²) in [7, 11) is 1.37. The third-order valence-corrected chi connectivity index (χ3v) is 2.97. The molecule has 0 aliphatic rings. The molecule has 0 aliphatic heterocycles. The zero-order chi connectivity index (χ0) is 14.3. The number of nitrogens with two attached hydrogens (primary N) is 1. The van der Waals surface area contributed by atoms with Gasteiger partial charge < -0.3 is 15.8 Å². The third-order valence-electron chi connectivity index (χ3n) is 2.97. The van der Waals surface area contributed by atoms with Gasteiger partial charge in [0.05, 0.1) is 7.11 Å². The smallest absolute Gasteiger partial charge is 0.251 e. The van der Waals surface area contributed by atoms with Crippen molar-refractivity contribution in [2.24, 2.45) is 11.7 Å². The van der Waals surface area contributed by atoms with E-state index in [1.165, 1.54) is 25.3 Å². The normalized spacial score (nSPS) is 12.0. The van der Waals surface area contributed by atoms with Crippen molar-refractivity contribution in [3.05, 3.63) is 29.6 Å². The Morgan fingerprint density at radius 2 is 2.26 bits per heavy atom. The molecule has 1 atom stereocenters. The lowest BCUT2D eigenvalue weighted by molar-refractivity contribution is 0.0952. The van der Waals surface area contributed by atoms with Gasteiger partial charge in [-0.3, -0.25) is 4.79 Å².